The molecule has 11 heteroatoms. The van der Waals surface area contributed by atoms with E-state index >= 15 is 0 Å². The molecule has 3 heterocycles. The predicted octanol–water partition coefficient (Wildman–Crippen LogP) is 2.61. The van der Waals surface area contributed by atoms with Gasteiger partial charge < -0.3 is 14.8 Å². The minimum atomic E-state index is -4.09. The summed E-state index contributed by atoms with van der Waals surface area (Å²) < 4.78 is 31.7. The number of rotatable bonds is 7. The average molecular weight is 548 g/mol. The monoisotopic (exact) mass is 547 g/mol. The van der Waals surface area contributed by atoms with Crippen LogP contribution in [-0.2, 0) is 32.6 Å². The molecule has 2 aliphatic rings. The maximum Gasteiger partial charge on any atom is 0.241 e. The van der Waals surface area contributed by atoms with Gasteiger partial charge in [0.25, 0.3) is 0 Å². The molecule has 1 fully saturated rings. The molecule has 0 radical (unpaired) electrons. The van der Waals surface area contributed by atoms with E-state index in [2.05, 4.69) is 39.0 Å². The molecule has 4 rings (SSSR count). The number of nitrogens with one attached hydrogen (secondary N) is 2. The van der Waals surface area contributed by atoms with Crippen molar-refractivity contribution in [1.82, 2.24) is 14.2 Å². The van der Waals surface area contributed by atoms with Gasteiger partial charge in [-0.25, -0.2) is 8.42 Å². The summed E-state index contributed by atoms with van der Waals surface area (Å²) in [7, 11) is -4.09. The fourth-order valence-electron chi connectivity index (χ4n) is 4.42. The average Bonchev–Trinajstić information content (AvgIpc) is 3.36. The van der Waals surface area contributed by atoms with Gasteiger partial charge in [0.1, 0.15) is 17.8 Å². The number of halogens is 1. The number of carbonyl (C=O) groups is 2. The first-order valence-corrected chi connectivity index (χ1v) is 13.4. The smallest absolute Gasteiger partial charge is 0.241 e. The molecule has 1 unspecified atom stereocenters. The molecule has 34 heavy (non-hydrogen) atoms. The Labute approximate surface area is 207 Å². The van der Waals surface area contributed by atoms with Gasteiger partial charge in [0.15, 0.2) is 0 Å². The number of hydrogen-bond donors (Lipinski definition) is 2. The van der Waals surface area contributed by atoms with Gasteiger partial charge in [-0.1, -0.05) is 13.0 Å². The molecule has 9 nitrogen and oxygen atoms in total. The molecule has 2 aromatic rings. The van der Waals surface area contributed by atoms with E-state index in [4.69, 9.17) is 0 Å². The molecular weight excluding hydrogens is 522 g/mol. The molecule has 180 valence electrons. The summed E-state index contributed by atoms with van der Waals surface area (Å²) in [6.07, 6.45) is 3.61. The Hall–Kier alpha value is -2.68. The summed E-state index contributed by atoms with van der Waals surface area (Å²) in [6.45, 7) is 3.58. The highest BCUT2D eigenvalue weighted by Crippen LogP contribution is 2.29. The highest BCUT2D eigenvalue weighted by Gasteiger charge is 2.33. The van der Waals surface area contributed by atoms with Gasteiger partial charge in [-0.15, -0.1) is 0 Å². The number of amides is 2. The van der Waals surface area contributed by atoms with Crippen LogP contribution in [0.15, 0.2) is 39.8 Å². The van der Waals surface area contributed by atoms with Crippen LogP contribution < -0.4 is 10.0 Å². The molecule has 1 aromatic heterocycles. The fraction of sp³-hybridized carbons (Fsp3) is 0.435. The molecule has 1 saturated heterocycles. The first-order valence-electron chi connectivity index (χ1n) is 11.2. The van der Waals surface area contributed by atoms with Gasteiger partial charge in [-0.05, 0) is 59.3 Å². The van der Waals surface area contributed by atoms with E-state index in [1.54, 1.807) is 33.9 Å². The van der Waals surface area contributed by atoms with Crippen molar-refractivity contribution in [2.24, 2.45) is 5.92 Å². The standard InChI is InChI=1S/C23H26BrN5O4S/c1-15-5-9-29(10-6-15)23(31)19(8-12-28-11-7-17(24)20(28)14-25)27-34(32,33)21-4-2-3-18-16(21)13-22(30)26-18/h2-4,7,11,15,19,27H,5-6,8-10,12-13H2,1H3,(H,26,30). The van der Waals surface area contributed by atoms with Crippen LogP contribution in [0, 0.1) is 17.2 Å². The Morgan fingerprint density at radius 3 is 2.76 bits per heavy atom. The Balaban J connectivity index is 1.60. The van der Waals surface area contributed by atoms with Crippen LogP contribution in [0.25, 0.3) is 0 Å². The number of anilines is 1. The Morgan fingerprint density at radius 1 is 1.32 bits per heavy atom. The van der Waals surface area contributed by atoms with Crippen LogP contribution in [0.3, 0.4) is 0 Å². The summed E-state index contributed by atoms with van der Waals surface area (Å²) in [5.41, 5.74) is 1.28. The summed E-state index contributed by atoms with van der Waals surface area (Å²) in [5, 5.41) is 12.1. The number of carbonyl (C=O) groups excluding carboxylic acids is 2. The molecule has 0 saturated carbocycles. The molecule has 2 aliphatic heterocycles. The SMILES string of the molecule is CC1CCN(C(=O)C(CCn2ccc(Br)c2C#N)NS(=O)(=O)c2cccc3c2CC(=O)N3)CC1. The molecule has 0 bridgehead atoms. The number of fused-ring (bicyclic) bond motifs is 1. The number of likely N-dealkylation sites (tertiary alicyclic amines) is 1. The van der Waals surface area contributed by atoms with E-state index in [1.165, 1.54) is 6.07 Å². The van der Waals surface area contributed by atoms with Crippen LogP contribution in [0.5, 0.6) is 0 Å². The van der Waals surface area contributed by atoms with Crippen molar-refractivity contribution < 1.29 is 18.0 Å². The van der Waals surface area contributed by atoms with Crippen LogP contribution in [0.4, 0.5) is 5.69 Å². The summed E-state index contributed by atoms with van der Waals surface area (Å²) in [6, 6.07) is 7.52. The van der Waals surface area contributed by atoms with E-state index in [0.29, 0.717) is 40.4 Å². The molecule has 2 amide bonds. The number of nitriles is 1. The minimum absolute atomic E-state index is 0.00478. The third-order valence-corrected chi connectivity index (χ3v) is 8.60. The van der Waals surface area contributed by atoms with Crippen molar-refractivity contribution in [3.63, 3.8) is 0 Å². The fourth-order valence-corrected chi connectivity index (χ4v) is 6.34. The minimum Gasteiger partial charge on any atom is -0.341 e. The predicted molar refractivity (Wildman–Crippen MR) is 129 cm³/mol. The third kappa shape index (κ3) is 5.04. The van der Waals surface area contributed by atoms with Crippen LogP contribution in [0.1, 0.15) is 37.4 Å². The van der Waals surface area contributed by atoms with Crippen LogP contribution in [0.2, 0.25) is 0 Å². The van der Waals surface area contributed by atoms with E-state index < -0.39 is 16.1 Å². The van der Waals surface area contributed by atoms with E-state index in [-0.39, 0.29) is 36.1 Å². The maximum atomic E-state index is 13.4. The van der Waals surface area contributed by atoms with Crippen molar-refractivity contribution in [3.8, 4) is 6.07 Å². The van der Waals surface area contributed by atoms with Gasteiger partial charge in [-0.3, -0.25) is 9.59 Å². The topological polar surface area (TPSA) is 124 Å². The number of aryl methyl sites for hydroxylation is 1. The molecule has 1 atom stereocenters. The van der Waals surface area contributed by atoms with Gasteiger partial charge in [0.05, 0.1) is 15.8 Å². The van der Waals surface area contributed by atoms with Crippen molar-refractivity contribution in [3.05, 3.63) is 46.2 Å². The highest BCUT2D eigenvalue weighted by molar-refractivity contribution is 9.10. The molecule has 2 N–H and O–H groups in total. The molecule has 0 spiro atoms. The zero-order valence-corrected chi connectivity index (χ0v) is 21.2. The Kier molecular flexibility index (Phi) is 7.12. The second kappa shape index (κ2) is 9.90. The second-order valence-electron chi connectivity index (χ2n) is 8.80. The Morgan fingerprint density at radius 2 is 2.06 bits per heavy atom. The van der Waals surface area contributed by atoms with Gasteiger partial charge >= 0.3 is 0 Å². The largest absolute Gasteiger partial charge is 0.341 e. The molecule has 0 aliphatic carbocycles. The first-order chi connectivity index (χ1) is 16.2. The lowest BCUT2D eigenvalue weighted by Crippen LogP contribution is -2.51. The number of piperidine rings is 1. The third-order valence-electron chi connectivity index (χ3n) is 6.40. The Bertz CT molecular complexity index is 1260. The van der Waals surface area contributed by atoms with E-state index in [0.717, 1.165) is 12.8 Å². The summed E-state index contributed by atoms with van der Waals surface area (Å²) >= 11 is 3.33. The van der Waals surface area contributed by atoms with Crippen molar-refractivity contribution in [2.75, 3.05) is 18.4 Å². The maximum absolute atomic E-state index is 13.4. The number of sulfonamides is 1. The van der Waals surface area contributed by atoms with Crippen molar-refractivity contribution in [2.45, 2.75) is 50.1 Å². The number of benzene rings is 1. The lowest BCUT2D eigenvalue weighted by Gasteiger charge is -2.33. The van der Waals surface area contributed by atoms with Crippen LogP contribution in [-0.4, -0.2) is 48.8 Å². The van der Waals surface area contributed by atoms with Gasteiger partial charge in [0.2, 0.25) is 21.8 Å². The normalized spacial score (nSPS) is 17.2. The van der Waals surface area contributed by atoms with Gasteiger partial charge in [-0.2, -0.15) is 9.98 Å². The first kappa shape index (κ1) is 24.4. The van der Waals surface area contributed by atoms with E-state index in [9.17, 15) is 23.3 Å². The highest BCUT2D eigenvalue weighted by atomic mass is 79.9. The number of hydrogen-bond acceptors (Lipinski definition) is 5. The number of aromatic nitrogens is 1. The van der Waals surface area contributed by atoms with Crippen molar-refractivity contribution in [1.29, 1.82) is 5.26 Å². The second-order valence-corrected chi connectivity index (χ2v) is 11.3. The van der Waals surface area contributed by atoms with Crippen LogP contribution >= 0.6 is 15.9 Å². The van der Waals surface area contributed by atoms with E-state index in [1.807, 2.05) is 0 Å². The lowest BCUT2D eigenvalue weighted by molar-refractivity contribution is -0.134. The summed E-state index contributed by atoms with van der Waals surface area (Å²) in [4.78, 5) is 27.0. The molecule has 1 aromatic carbocycles. The molecular formula is C23H26BrN5O4S. The summed E-state index contributed by atoms with van der Waals surface area (Å²) in [5.74, 6) is -0.0246. The zero-order valence-electron chi connectivity index (χ0n) is 18.8. The lowest BCUT2D eigenvalue weighted by atomic mass is 9.98. The number of nitrogens with zero attached hydrogens (tertiary/aromatic N) is 3. The zero-order chi connectivity index (χ0) is 24.5. The van der Waals surface area contributed by atoms with Gasteiger partial charge in [0, 0.05) is 37.1 Å². The quantitative estimate of drug-likeness (QED) is 0.551. The van der Waals surface area contributed by atoms with Crippen molar-refractivity contribution >= 4 is 43.5 Å².